The van der Waals surface area contributed by atoms with Crippen molar-refractivity contribution < 1.29 is 28.6 Å². The van der Waals surface area contributed by atoms with Crippen LogP contribution in [-0.2, 0) is 19.1 Å². The van der Waals surface area contributed by atoms with E-state index in [4.69, 9.17) is 14.2 Å². The number of Topliss-reactive ketones (excluding diaryl/α,β-unsaturated/α-hetero) is 1. The summed E-state index contributed by atoms with van der Waals surface area (Å²) in [7, 11) is 1.55. The van der Waals surface area contributed by atoms with Crippen LogP contribution in [0.2, 0.25) is 0 Å². The fourth-order valence-electron chi connectivity index (χ4n) is 5.97. The van der Waals surface area contributed by atoms with E-state index in [9.17, 15) is 14.4 Å². The molecular weight excluding hydrogens is 484 g/mol. The molecule has 3 aliphatic heterocycles. The largest absolute Gasteiger partial charge is 0.497 e. The molecule has 3 heterocycles. The van der Waals surface area contributed by atoms with Crippen LogP contribution < -0.4 is 4.74 Å². The number of cyclic esters (lactones) is 2. The lowest BCUT2D eigenvalue weighted by molar-refractivity contribution is -0.254. The van der Waals surface area contributed by atoms with Crippen molar-refractivity contribution in [2.24, 2.45) is 10.5 Å². The molecule has 0 amide bonds. The number of methoxy groups -OCH3 is 1. The van der Waals surface area contributed by atoms with E-state index in [0.29, 0.717) is 22.4 Å². The molecule has 0 bridgehead atoms. The van der Waals surface area contributed by atoms with Crippen molar-refractivity contribution >= 4 is 23.9 Å². The molecule has 6 rings (SSSR count). The molecule has 3 aromatic rings. The highest BCUT2D eigenvalue weighted by atomic mass is 16.7. The molecule has 8 heteroatoms. The summed E-state index contributed by atoms with van der Waals surface area (Å²) < 4.78 is 16.8. The molecule has 38 heavy (non-hydrogen) atoms. The zero-order valence-electron chi connectivity index (χ0n) is 21.2. The van der Waals surface area contributed by atoms with Gasteiger partial charge in [0.2, 0.25) is 5.41 Å². The number of hydrazone groups is 1. The average molecular weight is 511 g/mol. The van der Waals surface area contributed by atoms with E-state index in [1.54, 1.807) is 42.6 Å². The molecular formula is C30H26N2O6. The molecule has 192 valence electrons. The maximum Gasteiger partial charge on any atom is 0.330 e. The minimum absolute atomic E-state index is 0.287. The summed E-state index contributed by atoms with van der Waals surface area (Å²) in [4.78, 5) is 42.6. The standard InChI is InChI=1S/C30H26N2O6/c1-29(2)37-27(34)30(28(35)38-29)23(18-9-5-4-6-10-18)24(25(33)19-13-15-21(36-3)16-14-19)32-26(30)22-12-8-7-11-20(22)17-31-32/h4-17,23-24,26H,1-3H3/t23-,24+,26+/m1/s1. The highest BCUT2D eigenvalue weighted by Gasteiger charge is 2.75. The number of hydrogen-bond acceptors (Lipinski definition) is 8. The molecule has 8 nitrogen and oxygen atoms in total. The van der Waals surface area contributed by atoms with Crippen LogP contribution in [0.1, 0.15) is 52.9 Å². The van der Waals surface area contributed by atoms with Gasteiger partial charge in [-0.3, -0.25) is 19.4 Å². The number of hydrogen-bond donors (Lipinski definition) is 0. The van der Waals surface area contributed by atoms with Gasteiger partial charge in [0.05, 0.1) is 13.3 Å². The second-order valence-corrected chi connectivity index (χ2v) is 10.1. The number of esters is 2. The number of ketones is 1. The summed E-state index contributed by atoms with van der Waals surface area (Å²) in [6.07, 6.45) is 1.66. The van der Waals surface area contributed by atoms with E-state index in [-0.39, 0.29) is 5.78 Å². The topological polar surface area (TPSA) is 94.5 Å². The molecule has 3 aromatic carbocycles. The number of benzene rings is 3. The predicted octanol–water partition coefficient (Wildman–Crippen LogP) is 4.26. The molecule has 0 aliphatic carbocycles. The fourth-order valence-corrected chi connectivity index (χ4v) is 5.97. The highest BCUT2D eigenvalue weighted by molar-refractivity contribution is 6.09. The predicted molar refractivity (Wildman–Crippen MR) is 138 cm³/mol. The first kappa shape index (κ1) is 23.9. The number of rotatable bonds is 4. The average Bonchev–Trinajstić information content (AvgIpc) is 3.24. The van der Waals surface area contributed by atoms with Gasteiger partial charge in [0.1, 0.15) is 17.8 Å². The van der Waals surface area contributed by atoms with Crippen molar-refractivity contribution in [2.75, 3.05) is 7.11 Å². The SMILES string of the molecule is COc1ccc(C(=O)[C@@H]2[C@@H](c3ccccc3)C3(C(=O)OC(C)(C)OC3=O)[C@@H]3c4ccccc4C=NN23)cc1. The Morgan fingerprint density at radius 3 is 2.18 bits per heavy atom. The van der Waals surface area contributed by atoms with E-state index in [1.165, 1.54) is 13.8 Å². The van der Waals surface area contributed by atoms with Crippen LogP contribution in [0.25, 0.3) is 0 Å². The molecule has 2 fully saturated rings. The van der Waals surface area contributed by atoms with Crippen molar-refractivity contribution in [1.29, 1.82) is 0 Å². The first-order valence-corrected chi connectivity index (χ1v) is 12.4. The van der Waals surface area contributed by atoms with Crippen molar-refractivity contribution in [3.05, 3.63) is 101 Å². The zero-order valence-corrected chi connectivity index (χ0v) is 21.2. The van der Waals surface area contributed by atoms with E-state index >= 15 is 0 Å². The van der Waals surface area contributed by atoms with Crippen molar-refractivity contribution in [1.82, 2.24) is 5.01 Å². The lowest BCUT2D eigenvalue weighted by Crippen LogP contribution is -2.58. The number of carbonyl (C=O) groups is 3. The Labute approximate surface area is 219 Å². The van der Waals surface area contributed by atoms with Crippen LogP contribution in [0.3, 0.4) is 0 Å². The molecule has 0 saturated carbocycles. The summed E-state index contributed by atoms with van der Waals surface area (Å²) in [5.41, 5.74) is 0.608. The van der Waals surface area contributed by atoms with Crippen molar-refractivity contribution in [3.8, 4) is 5.75 Å². The number of fused-ring (bicyclic) bond motifs is 4. The molecule has 3 aliphatic rings. The van der Waals surface area contributed by atoms with Gasteiger partial charge in [-0.15, -0.1) is 0 Å². The summed E-state index contributed by atoms with van der Waals surface area (Å²) in [5.74, 6) is -3.54. The Hall–Kier alpha value is -4.46. The number of ether oxygens (including phenoxy) is 3. The molecule has 0 N–H and O–H groups in total. The quantitative estimate of drug-likeness (QED) is 0.294. The number of nitrogens with zero attached hydrogens (tertiary/aromatic N) is 2. The summed E-state index contributed by atoms with van der Waals surface area (Å²) in [6, 6.07) is 21.3. The van der Waals surface area contributed by atoms with E-state index in [0.717, 1.165) is 5.56 Å². The maximum atomic E-state index is 14.3. The monoisotopic (exact) mass is 510 g/mol. The van der Waals surface area contributed by atoms with Gasteiger partial charge in [-0.2, -0.15) is 5.10 Å². The maximum absolute atomic E-state index is 14.3. The highest BCUT2D eigenvalue weighted by Crippen LogP contribution is 2.62. The van der Waals surface area contributed by atoms with Gasteiger partial charge in [-0.1, -0.05) is 54.6 Å². The van der Waals surface area contributed by atoms with E-state index in [2.05, 4.69) is 5.10 Å². The Kier molecular flexibility index (Phi) is 5.38. The third-order valence-corrected chi connectivity index (χ3v) is 7.56. The summed E-state index contributed by atoms with van der Waals surface area (Å²) in [5, 5.41) is 6.26. The first-order chi connectivity index (χ1) is 18.3. The minimum Gasteiger partial charge on any atom is -0.497 e. The Balaban J connectivity index is 1.62. The van der Waals surface area contributed by atoms with E-state index < -0.39 is 41.1 Å². The van der Waals surface area contributed by atoms with Crippen LogP contribution in [0.15, 0.2) is 84.0 Å². The Bertz CT molecular complexity index is 1440. The van der Waals surface area contributed by atoms with Gasteiger partial charge in [0.15, 0.2) is 5.78 Å². The van der Waals surface area contributed by atoms with Crippen molar-refractivity contribution in [3.63, 3.8) is 0 Å². The number of carbonyl (C=O) groups excluding carboxylic acids is 3. The van der Waals surface area contributed by atoms with Crippen LogP contribution >= 0.6 is 0 Å². The lowest BCUT2D eigenvalue weighted by atomic mass is 9.65. The second kappa shape index (κ2) is 8.55. The molecule has 1 spiro atoms. The van der Waals surface area contributed by atoms with Gasteiger partial charge in [0, 0.05) is 25.3 Å². The third-order valence-electron chi connectivity index (χ3n) is 7.56. The second-order valence-electron chi connectivity index (χ2n) is 10.1. The summed E-state index contributed by atoms with van der Waals surface area (Å²) >= 11 is 0. The van der Waals surface area contributed by atoms with Crippen LogP contribution in [0.4, 0.5) is 0 Å². The van der Waals surface area contributed by atoms with Gasteiger partial charge in [-0.25, -0.2) is 0 Å². The van der Waals surface area contributed by atoms with Gasteiger partial charge >= 0.3 is 11.9 Å². The van der Waals surface area contributed by atoms with Gasteiger partial charge < -0.3 is 14.2 Å². The van der Waals surface area contributed by atoms with Crippen molar-refractivity contribution in [2.45, 2.75) is 37.6 Å². The van der Waals surface area contributed by atoms with Gasteiger partial charge in [0.25, 0.3) is 5.79 Å². The molecule has 0 radical (unpaired) electrons. The molecule has 0 unspecified atom stereocenters. The Morgan fingerprint density at radius 1 is 0.895 bits per heavy atom. The molecule has 3 atom stereocenters. The smallest absolute Gasteiger partial charge is 0.330 e. The minimum atomic E-state index is -1.88. The van der Waals surface area contributed by atoms with Crippen LogP contribution in [0, 0.1) is 5.41 Å². The third kappa shape index (κ3) is 3.36. The first-order valence-electron chi connectivity index (χ1n) is 12.4. The lowest BCUT2D eigenvalue weighted by Gasteiger charge is -2.44. The zero-order chi connectivity index (χ0) is 26.7. The fraction of sp³-hybridized carbons (Fsp3) is 0.267. The van der Waals surface area contributed by atoms with E-state index in [1.807, 2.05) is 54.6 Å². The summed E-state index contributed by atoms with van der Waals surface area (Å²) in [6.45, 7) is 3.04. The normalized spacial score (nSPS) is 24.3. The Morgan fingerprint density at radius 2 is 1.53 bits per heavy atom. The molecule has 2 saturated heterocycles. The van der Waals surface area contributed by atoms with Crippen LogP contribution in [-0.4, -0.2) is 47.9 Å². The van der Waals surface area contributed by atoms with Gasteiger partial charge in [-0.05, 0) is 41.0 Å². The van der Waals surface area contributed by atoms with Crippen LogP contribution in [0.5, 0.6) is 5.75 Å². The molecule has 0 aromatic heterocycles.